The second kappa shape index (κ2) is 4.24. The Morgan fingerprint density at radius 3 is 2.50 bits per heavy atom. The van der Waals surface area contributed by atoms with E-state index in [1.807, 2.05) is 6.07 Å². The highest BCUT2D eigenvalue weighted by molar-refractivity contribution is 6.34. The molecule has 0 fully saturated rings. The van der Waals surface area contributed by atoms with Crippen molar-refractivity contribution in [3.8, 4) is 0 Å². The molecule has 0 aliphatic heterocycles. The number of halogens is 1. The average Bonchev–Trinajstić information content (AvgIpc) is 2.17. The van der Waals surface area contributed by atoms with Crippen molar-refractivity contribution in [3.05, 3.63) is 35.9 Å². The van der Waals surface area contributed by atoms with Crippen molar-refractivity contribution in [2.45, 2.75) is 5.38 Å². The third-order valence-electron chi connectivity index (χ3n) is 1.55. The van der Waals surface area contributed by atoms with Crippen molar-refractivity contribution < 1.29 is 4.79 Å². The molecule has 0 amide bonds. The van der Waals surface area contributed by atoms with E-state index in [1.54, 1.807) is 24.3 Å². The first-order valence-corrected chi connectivity index (χ1v) is 4.12. The molecule has 0 bridgehead atoms. The maximum atomic E-state index is 11.4. The molecule has 64 valence electrons. The zero-order valence-corrected chi connectivity index (χ0v) is 7.29. The lowest BCUT2D eigenvalue weighted by Crippen LogP contribution is -2.23. The minimum absolute atomic E-state index is 0.111. The SMILES string of the molecule is NCC(Cl)C(=O)c1ccccc1. The van der Waals surface area contributed by atoms with E-state index < -0.39 is 5.38 Å². The molecule has 2 nitrogen and oxygen atoms in total. The van der Waals surface area contributed by atoms with Crippen molar-refractivity contribution >= 4 is 17.4 Å². The van der Waals surface area contributed by atoms with Gasteiger partial charge in [-0.1, -0.05) is 30.3 Å². The third kappa shape index (κ3) is 2.06. The lowest BCUT2D eigenvalue weighted by Gasteiger charge is -2.03. The van der Waals surface area contributed by atoms with Gasteiger partial charge in [-0.2, -0.15) is 0 Å². The van der Waals surface area contributed by atoms with E-state index in [4.69, 9.17) is 17.3 Å². The van der Waals surface area contributed by atoms with Crippen LogP contribution < -0.4 is 5.73 Å². The van der Waals surface area contributed by atoms with Gasteiger partial charge < -0.3 is 5.73 Å². The Hall–Kier alpha value is -0.860. The van der Waals surface area contributed by atoms with E-state index in [0.717, 1.165) is 0 Å². The van der Waals surface area contributed by atoms with E-state index in [1.165, 1.54) is 0 Å². The summed E-state index contributed by atoms with van der Waals surface area (Å²) >= 11 is 5.68. The number of carbonyl (C=O) groups is 1. The van der Waals surface area contributed by atoms with Crippen LogP contribution in [-0.2, 0) is 0 Å². The van der Waals surface area contributed by atoms with Crippen LogP contribution in [0.25, 0.3) is 0 Å². The topological polar surface area (TPSA) is 43.1 Å². The van der Waals surface area contributed by atoms with Crippen LogP contribution in [0.3, 0.4) is 0 Å². The molecule has 12 heavy (non-hydrogen) atoms. The standard InChI is InChI=1S/C9H10ClNO/c10-8(6-11)9(12)7-4-2-1-3-5-7/h1-5,8H,6,11H2. The summed E-state index contributed by atoms with van der Waals surface area (Å²) < 4.78 is 0. The summed E-state index contributed by atoms with van der Waals surface area (Å²) in [5.74, 6) is -0.111. The second-order valence-electron chi connectivity index (χ2n) is 2.43. The van der Waals surface area contributed by atoms with Crippen LogP contribution in [0.2, 0.25) is 0 Å². The lowest BCUT2D eigenvalue weighted by atomic mass is 10.1. The third-order valence-corrected chi connectivity index (χ3v) is 1.93. The summed E-state index contributed by atoms with van der Waals surface area (Å²) in [6, 6.07) is 8.91. The Labute approximate surface area is 76.3 Å². The van der Waals surface area contributed by atoms with Crippen LogP contribution in [0.1, 0.15) is 10.4 Å². The molecular formula is C9H10ClNO. The summed E-state index contributed by atoms with van der Waals surface area (Å²) in [5, 5.41) is -0.604. The predicted octanol–water partition coefficient (Wildman–Crippen LogP) is 1.44. The number of benzene rings is 1. The van der Waals surface area contributed by atoms with E-state index in [2.05, 4.69) is 0 Å². The molecule has 1 unspecified atom stereocenters. The van der Waals surface area contributed by atoms with Crippen molar-refractivity contribution in [2.24, 2.45) is 5.73 Å². The molecule has 1 atom stereocenters. The van der Waals surface area contributed by atoms with Crippen LogP contribution in [-0.4, -0.2) is 17.7 Å². The molecular weight excluding hydrogens is 174 g/mol. The fourth-order valence-electron chi connectivity index (χ4n) is 0.890. The molecule has 0 heterocycles. The van der Waals surface area contributed by atoms with Crippen LogP contribution in [0, 0.1) is 0 Å². The number of Topliss-reactive ketones (excluding diaryl/α,β-unsaturated/α-hetero) is 1. The van der Waals surface area contributed by atoms with Gasteiger partial charge in [-0.3, -0.25) is 4.79 Å². The van der Waals surface area contributed by atoms with Gasteiger partial charge >= 0.3 is 0 Å². The van der Waals surface area contributed by atoms with E-state index in [0.29, 0.717) is 5.56 Å². The summed E-state index contributed by atoms with van der Waals surface area (Å²) in [6.45, 7) is 0.176. The van der Waals surface area contributed by atoms with Crippen molar-refractivity contribution in [1.29, 1.82) is 0 Å². The first-order valence-electron chi connectivity index (χ1n) is 3.69. The van der Waals surface area contributed by atoms with Crippen LogP contribution in [0.4, 0.5) is 0 Å². The maximum absolute atomic E-state index is 11.4. The highest BCUT2D eigenvalue weighted by Gasteiger charge is 2.14. The Balaban J connectivity index is 2.79. The number of hydrogen-bond acceptors (Lipinski definition) is 2. The van der Waals surface area contributed by atoms with Gasteiger partial charge in [-0.25, -0.2) is 0 Å². The zero-order valence-electron chi connectivity index (χ0n) is 6.53. The molecule has 3 heteroatoms. The minimum atomic E-state index is -0.604. The van der Waals surface area contributed by atoms with Gasteiger partial charge in [0, 0.05) is 12.1 Å². The molecule has 1 rings (SSSR count). The smallest absolute Gasteiger partial charge is 0.181 e. The van der Waals surface area contributed by atoms with Gasteiger partial charge in [0.25, 0.3) is 0 Å². The Bertz CT molecular complexity index is 260. The summed E-state index contributed by atoms with van der Waals surface area (Å²) in [7, 11) is 0. The Kier molecular flexibility index (Phi) is 3.26. The van der Waals surface area contributed by atoms with Gasteiger partial charge in [-0.15, -0.1) is 11.6 Å². The maximum Gasteiger partial charge on any atom is 0.181 e. The molecule has 0 aromatic heterocycles. The molecule has 0 saturated heterocycles. The van der Waals surface area contributed by atoms with Gasteiger partial charge in [0.1, 0.15) is 5.38 Å². The van der Waals surface area contributed by atoms with Crippen LogP contribution in [0.15, 0.2) is 30.3 Å². The monoisotopic (exact) mass is 183 g/mol. The molecule has 0 spiro atoms. The Morgan fingerprint density at radius 1 is 1.42 bits per heavy atom. The largest absolute Gasteiger partial charge is 0.329 e. The number of hydrogen-bond donors (Lipinski definition) is 1. The quantitative estimate of drug-likeness (QED) is 0.569. The average molecular weight is 184 g/mol. The summed E-state index contributed by atoms with van der Waals surface area (Å²) in [5.41, 5.74) is 5.87. The van der Waals surface area contributed by atoms with Gasteiger partial charge in [-0.05, 0) is 0 Å². The molecule has 0 aliphatic rings. The number of rotatable bonds is 3. The lowest BCUT2D eigenvalue weighted by molar-refractivity contribution is 0.0989. The molecule has 2 N–H and O–H groups in total. The Morgan fingerprint density at radius 2 is 2.00 bits per heavy atom. The first-order chi connectivity index (χ1) is 5.75. The second-order valence-corrected chi connectivity index (χ2v) is 2.96. The van der Waals surface area contributed by atoms with Gasteiger partial charge in [0.15, 0.2) is 5.78 Å². The number of carbonyl (C=O) groups excluding carboxylic acids is 1. The molecule has 0 radical (unpaired) electrons. The number of alkyl halides is 1. The fourth-order valence-corrected chi connectivity index (χ4v) is 1.02. The summed E-state index contributed by atoms with van der Waals surface area (Å²) in [4.78, 5) is 11.4. The number of ketones is 1. The van der Waals surface area contributed by atoms with E-state index >= 15 is 0 Å². The minimum Gasteiger partial charge on any atom is -0.329 e. The number of nitrogens with two attached hydrogens (primary N) is 1. The molecule has 0 aliphatic carbocycles. The van der Waals surface area contributed by atoms with Crippen LogP contribution >= 0.6 is 11.6 Å². The van der Waals surface area contributed by atoms with Crippen molar-refractivity contribution in [3.63, 3.8) is 0 Å². The van der Waals surface area contributed by atoms with E-state index in [-0.39, 0.29) is 12.3 Å². The first kappa shape index (κ1) is 9.23. The molecule has 1 aromatic rings. The normalized spacial score (nSPS) is 12.5. The predicted molar refractivity (Wildman–Crippen MR) is 49.5 cm³/mol. The highest BCUT2D eigenvalue weighted by atomic mass is 35.5. The zero-order chi connectivity index (χ0) is 8.97. The van der Waals surface area contributed by atoms with Crippen LogP contribution in [0.5, 0.6) is 0 Å². The van der Waals surface area contributed by atoms with E-state index in [9.17, 15) is 4.79 Å². The van der Waals surface area contributed by atoms with Crippen molar-refractivity contribution in [1.82, 2.24) is 0 Å². The molecule has 0 saturated carbocycles. The van der Waals surface area contributed by atoms with Crippen molar-refractivity contribution in [2.75, 3.05) is 6.54 Å². The van der Waals surface area contributed by atoms with Gasteiger partial charge in [0.2, 0.25) is 0 Å². The summed E-state index contributed by atoms with van der Waals surface area (Å²) in [6.07, 6.45) is 0. The van der Waals surface area contributed by atoms with Gasteiger partial charge in [0.05, 0.1) is 0 Å². The highest BCUT2D eigenvalue weighted by Crippen LogP contribution is 2.06. The molecule has 1 aromatic carbocycles. The fraction of sp³-hybridized carbons (Fsp3) is 0.222.